The molecule has 12 heavy (non-hydrogen) atoms. The maximum atomic E-state index is 12.2. The van der Waals surface area contributed by atoms with Gasteiger partial charge in [-0.1, -0.05) is 6.92 Å². The average molecular weight is 192 g/mol. The zero-order valence-electron chi connectivity index (χ0n) is 6.37. The Morgan fingerprint density at radius 1 is 1.25 bits per heavy atom. The largest absolute Gasteiger partial charge is 0.425 e. The van der Waals surface area contributed by atoms with Crippen LogP contribution in [-0.4, -0.2) is 25.3 Å². The lowest BCUT2D eigenvalue weighted by atomic mass is 10.4. The number of halogens is 5. The highest BCUT2D eigenvalue weighted by Crippen LogP contribution is 2.27. The Morgan fingerprint density at radius 3 is 2.08 bits per heavy atom. The molecule has 0 N–H and O–H groups in total. The highest BCUT2D eigenvalue weighted by molar-refractivity contribution is 4.68. The molecular weight excluding hydrogens is 183 g/mol. The van der Waals surface area contributed by atoms with Crippen molar-refractivity contribution in [3.8, 4) is 0 Å². The molecule has 0 radical (unpaired) electrons. The van der Waals surface area contributed by atoms with Gasteiger partial charge in [0.1, 0.15) is 0 Å². The van der Waals surface area contributed by atoms with E-state index in [1.54, 1.807) is 6.92 Å². The third kappa shape index (κ3) is 3.85. The molecule has 0 aromatic heterocycles. The summed E-state index contributed by atoms with van der Waals surface area (Å²) in [4.78, 5) is 0. The van der Waals surface area contributed by atoms with Crippen molar-refractivity contribution < 1.29 is 26.7 Å². The van der Waals surface area contributed by atoms with Gasteiger partial charge in [-0.3, -0.25) is 0 Å². The van der Waals surface area contributed by atoms with Crippen molar-refractivity contribution in [3.63, 3.8) is 0 Å². The predicted octanol–water partition coefficient (Wildman–Crippen LogP) is 2.61. The summed E-state index contributed by atoms with van der Waals surface area (Å²) in [7, 11) is 0. The van der Waals surface area contributed by atoms with E-state index in [1.807, 2.05) is 0 Å². The quantitative estimate of drug-likeness (QED) is 0.622. The van der Waals surface area contributed by atoms with E-state index < -0.39 is 18.7 Å². The summed E-state index contributed by atoms with van der Waals surface area (Å²) in [6, 6.07) is 0. The van der Waals surface area contributed by atoms with Crippen LogP contribution in [0.1, 0.15) is 13.3 Å². The predicted molar refractivity (Wildman–Crippen MR) is 32.1 cm³/mol. The van der Waals surface area contributed by atoms with E-state index in [4.69, 9.17) is 0 Å². The Bertz CT molecular complexity index is 124. The van der Waals surface area contributed by atoms with Gasteiger partial charge < -0.3 is 4.74 Å². The third-order valence-corrected chi connectivity index (χ3v) is 1.02. The van der Waals surface area contributed by atoms with Crippen LogP contribution in [0.2, 0.25) is 0 Å². The summed E-state index contributed by atoms with van der Waals surface area (Å²) in [5, 5.41) is 0. The molecule has 0 aromatic rings. The Balaban J connectivity index is 3.84. The van der Waals surface area contributed by atoms with E-state index in [0.29, 0.717) is 6.42 Å². The molecular formula is C6H9F5O. The first-order chi connectivity index (χ1) is 5.39. The smallest absolute Gasteiger partial charge is 0.346 e. The number of hydrogen-bond donors (Lipinski definition) is 0. The molecule has 0 bridgehead atoms. The summed E-state index contributed by atoms with van der Waals surface area (Å²) >= 11 is 0. The minimum absolute atomic E-state index is 0.225. The molecule has 6 heteroatoms. The van der Waals surface area contributed by atoms with Gasteiger partial charge in [0, 0.05) is 6.61 Å². The minimum atomic E-state index is -5.19. The summed E-state index contributed by atoms with van der Waals surface area (Å²) in [5.41, 5.74) is 0. The number of hydrogen-bond acceptors (Lipinski definition) is 1. The summed E-state index contributed by atoms with van der Waals surface area (Å²) in [6.45, 7) is 1.35. The fourth-order valence-corrected chi connectivity index (χ4v) is 0.463. The second kappa shape index (κ2) is 4.59. The van der Waals surface area contributed by atoms with E-state index >= 15 is 0 Å². The standard InChI is InChI=1S/C6H9F5O/c1-2-3-12-5(8)4(7)6(9,10)11/h4-5H,2-3H2,1H3. The second-order valence-corrected chi connectivity index (χ2v) is 2.17. The van der Waals surface area contributed by atoms with Gasteiger partial charge in [0.05, 0.1) is 0 Å². The Morgan fingerprint density at radius 2 is 1.75 bits per heavy atom. The molecule has 0 aliphatic heterocycles. The van der Waals surface area contributed by atoms with E-state index in [9.17, 15) is 22.0 Å². The molecule has 2 atom stereocenters. The maximum absolute atomic E-state index is 12.2. The molecule has 0 fully saturated rings. The molecule has 1 nitrogen and oxygen atoms in total. The van der Waals surface area contributed by atoms with Gasteiger partial charge in [-0.25, -0.2) is 8.78 Å². The van der Waals surface area contributed by atoms with Crippen LogP contribution in [0.3, 0.4) is 0 Å². The Kier molecular flexibility index (Phi) is 4.44. The lowest BCUT2D eigenvalue weighted by Gasteiger charge is -2.16. The van der Waals surface area contributed by atoms with Gasteiger partial charge >= 0.3 is 6.18 Å². The summed E-state index contributed by atoms with van der Waals surface area (Å²) in [6.07, 6.45) is -11.3. The molecule has 0 heterocycles. The van der Waals surface area contributed by atoms with Crippen molar-refractivity contribution in [3.05, 3.63) is 0 Å². The summed E-state index contributed by atoms with van der Waals surface area (Å²) in [5.74, 6) is 0. The van der Waals surface area contributed by atoms with Gasteiger partial charge in [-0.15, -0.1) is 0 Å². The van der Waals surface area contributed by atoms with Gasteiger partial charge in [0.15, 0.2) is 0 Å². The molecule has 74 valence electrons. The Hall–Kier alpha value is -0.390. The van der Waals surface area contributed by atoms with Crippen LogP contribution in [-0.2, 0) is 4.74 Å². The van der Waals surface area contributed by atoms with E-state index in [-0.39, 0.29) is 6.61 Å². The van der Waals surface area contributed by atoms with Crippen molar-refractivity contribution in [2.24, 2.45) is 0 Å². The molecule has 0 aliphatic rings. The molecule has 0 saturated carbocycles. The average Bonchev–Trinajstić information content (AvgIpc) is 1.97. The van der Waals surface area contributed by atoms with Crippen molar-refractivity contribution in [1.82, 2.24) is 0 Å². The molecule has 0 saturated heterocycles. The minimum Gasteiger partial charge on any atom is -0.346 e. The first-order valence-electron chi connectivity index (χ1n) is 3.36. The lowest BCUT2D eigenvalue weighted by Crippen LogP contribution is -2.35. The monoisotopic (exact) mass is 192 g/mol. The van der Waals surface area contributed by atoms with Crippen molar-refractivity contribution in [2.45, 2.75) is 32.1 Å². The van der Waals surface area contributed by atoms with Crippen LogP contribution in [0.5, 0.6) is 0 Å². The van der Waals surface area contributed by atoms with E-state index in [1.165, 1.54) is 0 Å². The van der Waals surface area contributed by atoms with Crippen molar-refractivity contribution >= 4 is 0 Å². The van der Waals surface area contributed by atoms with Crippen molar-refractivity contribution in [2.75, 3.05) is 6.61 Å². The van der Waals surface area contributed by atoms with Crippen LogP contribution < -0.4 is 0 Å². The van der Waals surface area contributed by atoms with Crippen molar-refractivity contribution in [1.29, 1.82) is 0 Å². The van der Waals surface area contributed by atoms with E-state index in [0.717, 1.165) is 0 Å². The summed E-state index contributed by atoms with van der Waals surface area (Å²) < 4.78 is 62.4. The SMILES string of the molecule is CCCOC(F)C(F)C(F)(F)F. The van der Waals surface area contributed by atoms with Crippen LogP contribution in [0, 0.1) is 0 Å². The molecule has 2 unspecified atom stereocenters. The molecule has 0 aromatic carbocycles. The van der Waals surface area contributed by atoms with Gasteiger partial charge in [-0.05, 0) is 6.42 Å². The van der Waals surface area contributed by atoms with Crippen LogP contribution >= 0.6 is 0 Å². The zero-order chi connectivity index (χ0) is 9.78. The topological polar surface area (TPSA) is 9.23 Å². The third-order valence-electron chi connectivity index (χ3n) is 1.02. The molecule has 0 rings (SSSR count). The molecule has 0 amide bonds. The number of rotatable bonds is 4. The maximum Gasteiger partial charge on any atom is 0.425 e. The zero-order valence-corrected chi connectivity index (χ0v) is 6.37. The first-order valence-corrected chi connectivity index (χ1v) is 3.36. The number of alkyl halides is 5. The normalized spacial score (nSPS) is 17.5. The highest BCUT2D eigenvalue weighted by Gasteiger charge is 2.46. The molecule has 0 aliphatic carbocycles. The van der Waals surface area contributed by atoms with Crippen LogP contribution in [0.15, 0.2) is 0 Å². The van der Waals surface area contributed by atoms with Crippen LogP contribution in [0.4, 0.5) is 22.0 Å². The number of ether oxygens (including phenoxy) is 1. The second-order valence-electron chi connectivity index (χ2n) is 2.17. The fourth-order valence-electron chi connectivity index (χ4n) is 0.463. The Labute approximate surface area is 66.5 Å². The lowest BCUT2D eigenvalue weighted by molar-refractivity contribution is -0.235. The van der Waals surface area contributed by atoms with Crippen LogP contribution in [0.25, 0.3) is 0 Å². The van der Waals surface area contributed by atoms with E-state index in [2.05, 4.69) is 4.74 Å². The van der Waals surface area contributed by atoms with Gasteiger partial charge in [-0.2, -0.15) is 13.2 Å². The van der Waals surface area contributed by atoms with Gasteiger partial charge in [0.2, 0.25) is 6.36 Å². The fraction of sp³-hybridized carbons (Fsp3) is 1.00. The highest BCUT2D eigenvalue weighted by atomic mass is 19.4. The first kappa shape index (κ1) is 11.6. The molecule has 0 spiro atoms. The van der Waals surface area contributed by atoms with Gasteiger partial charge in [0.25, 0.3) is 6.17 Å².